The molecule has 2 radical (unpaired) electrons. The summed E-state index contributed by atoms with van der Waals surface area (Å²) >= 11 is 0. The number of hydrogen-bond donors (Lipinski definition) is 0. The zero-order valence-corrected chi connectivity index (χ0v) is 12.4. The summed E-state index contributed by atoms with van der Waals surface area (Å²) in [6.45, 7) is 8.05. The van der Waals surface area contributed by atoms with Crippen LogP contribution in [0.3, 0.4) is 0 Å². The summed E-state index contributed by atoms with van der Waals surface area (Å²) in [5, 5.41) is 0. The third-order valence-corrected chi connectivity index (χ3v) is 3.89. The molecule has 0 unspecified atom stereocenters. The fraction of sp³-hybridized carbons (Fsp3) is 0.538. The Morgan fingerprint density at radius 1 is 1.00 bits per heavy atom. The second-order valence-electron chi connectivity index (χ2n) is 4.61. The summed E-state index contributed by atoms with van der Waals surface area (Å²) in [5.74, 6) is 0. The molecule has 1 aromatic carbocycles. The molecule has 0 aliphatic carbocycles. The van der Waals surface area contributed by atoms with Gasteiger partial charge in [0, 0.05) is 0 Å². The highest BCUT2D eigenvalue weighted by molar-refractivity contribution is 7.85. The van der Waals surface area contributed by atoms with Gasteiger partial charge >= 0.3 is 15.4 Å². The van der Waals surface area contributed by atoms with E-state index in [0.29, 0.717) is 6.61 Å². The van der Waals surface area contributed by atoms with Gasteiger partial charge in [-0.15, -0.1) is 0 Å². The van der Waals surface area contributed by atoms with Crippen molar-refractivity contribution >= 4 is 15.4 Å². The SMILES string of the molecule is [B][P+](OCc1ccccc1)(OC(C)C)OC(C)C. The standard InChI is InChI=1S/C13H21BO3P/c1-11(2)16-18(14,17-12(3)4)15-10-13-8-6-5-7-9-13/h5-9,11-12H,10H2,1-4H3/q+1. The van der Waals surface area contributed by atoms with E-state index in [4.69, 9.17) is 21.1 Å². The Labute approximate surface area is 112 Å². The second-order valence-corrected chi connectivity index (χ2v) is 6.37. The molecule has 1 rings (SSSR count). The summed E-state index contributed by atoms with van der Waals surface area (Å²) in [6.07, 6.45) is -0.0595. The van der Waals surface area contributed by atoms with Crippen molar-refractivity contribution < 1.29 is 13.6 Å². The minimum atomic E-state index is -2.75. The predicted molar refractivity (Wildman–Crippen MR) is 76.3 cm³/mol. The fourth-order valence-corrected chi connectivity index (χ4v) is 3.09. The van der Waals surface area contributed by atoms with E-state index >= 15 is 0 Å². The molecule has 0 fully saturated rings. The molecule has 0 saturated carbocycles. The van der Waals surface area contributed by atoms with Gasteiger partial charge in [0.1, 0.15) is 18.8 Å². The molecule has 1 aromatic rings. The van der Waals surface area contributed by atoms with Crippen LogP contribution in [0.4, 0.5) is 0 Å². The molecule has 0 bridgehead atoms. The molecular weight excluding hydrogens is 246 g/mol. The molecule has 0 aliphatic rings. The second kappa shape index (κ2) is 7.25. The Morgan fingerprint density at radius 3 is 1.94 bits per heavy atom. The largest absolute Gasteiger partial charge is 0.488 e. The van der Waals surface area contributed by atoms with E-state index in [9.17, 15) is 0 Å². The van der Waals surface area contributed by atoms with Crippen molar-refractivity contribution in [1.82, 2.24) is 0 Å². The van der Waals surface area contributed by atoms with Crippen LogP contribution in [0, 0.1) is 0 Å². The van der Waals surface area contributed by atoms with Crippen LogP contribution in [0.2, 0.25) is 0 Å². The first-order valence-electron chi connectivity index (χ1n) is 6.14. The molecule has 0 aliphatic heterocycles. The predicted octanol–water partition coefficient (Wildman–Crippen LogP) is 3.90. The average molecular weight is 267 g/mol. The zero-order valence-electron chi connectivity index (χ0n) is 11.5. The Balaban J connectivity index is 2.61. The van der Waals surface area contributed by atoms with E-state index in [1.165, 1.54) is 0 Å². The maximum absolute atomic E-state index is 6.09. The van der Waals surface area contributed by atoms with Gasteiger partial charge < -0.3 is 0 Å². The fourth-order valence-electron chi connectivity index (χ4n) is 1.41. The molecule has 0 spiro atoms. The van der Waals surface area contributed by atoms with Gasteiger partial charge in [0.05, 0.1) is 0 Å². The topological polar surface area (TPSA) is 27.7 Å². The normalized spacial score (nSPS) is 12.3. The molecule has 0 aromatic heterocycles. The number of rotatable bonds is 7. The molecule has 0 saturated heterocycles. The van der Waals surface area contributed by atoms with E-state index in [1.807, 2.05) is 58.0 Å². The minimum absolute atomic E-state index is 0.0298. The van der Waals surface area contributed by atoms with Crippen LogP contribution in [-0.4, -0.2) is 19.8 Å². The summed E-state index contributed by atoms with van der Waals surface area (Å²) in [5.41, 5.74) is 1.05. The van der Waals surface area contributed by atoms with Crippen LogP contribution in [0.25, 0.3) is 0 Å². The highest BCUT2D eigenvalue weighted by atomic mass is 31.2. The van der Waals surface area contributed by atoms with Crippen LogP contribution in [0.1, 0.15) is 33.3 Å². The van der Waals surface area contributed by atoms with E-state index in [2.05, 4.69) is 0 Å². The van der Waals surface area contributed by atoms with Crippen molar-refractivity contribution in [1.29, 1.82) is 0 Å². The van der Waals surface area contributed by atoms with Gasteiger partial charge in [-0.3, -0.25) is 0 Å². The monoisotopic (exact) mass is 267 g/mol. The summed E-state index contributed by atoms with van der Waals surface area (Å²) in [7, 11) is 3.35. The number of benzene rings is 1. The molecular formula is C13H21BO3P+. The highest BCUT2D eigenvalue weighted by Crippen LogP contribution is 2.59. The lowest BCUT2D eigenvalue weighted by Crippen LogP contribution is -2.15. The lowest BCUT2D eigenvalue weighted by molar-refractivity contribution is 0.100. The van der Waals surface area contributed by atoms with Crippen molar-refractivity contribution in [3.8, 4) is 0 Å². The third kappa shape index (κ3) is 5.97. The highest BCUT2D eigenvalue weighted by Gasteiger charge is 2.41. The summed E-state index contributed by atoms with van der Waals surface area (Å²) < 4.78 is 16.9. The van der Waals surface area contributed by atoms with Gasteiger partial charge in [-0.25, -0.2) is 0 Å². The van der Waals surface area contributed by atoms with Gasteiger partial charge in [0.2, 0.25) is 0 Å². The molecule has 0 atom stereocenters. The first-order valence-corrected chi connectivity index (χ1v) is 7.75. The van der Waals surface area contributed by atoms with E-state index in [1.54, 1.807) is 0 Å². The Hall–Kier alpha value is -0.405. The van der Waals surface area contributed by atoms with Crippen molar-refractivity contribution in [2.24, 2.45) is 0 Å². The summed E-state index contributed by atoms with van der Waals surface area (Å²) in [4.78, 5) is 0. The molecule has 0 heterocycles. The average Bonchev–Trinajstić information content (AvgIpc) is 2.26. The quantitative estimate of drug-likeness (QED) is 0.554. The molecule has 18 heavy (non-hydrogen) atoms. The number of hydrogen-bond acceptors (Lipinski definition) is 3. The van der Waals surface area contributed by atoms with Crippen molar-refractivity contribution in [2.75, 3.05) is 0 Å². The van der Waals surface area contributed by atoms with Crippen LogP contribution < -0.4 is 0 Å². The van der Waals surface area contributed by atoms with E-state index in [-0.39, 0.29) is 12.2 Å². The zero-order chi connectivity index (χ0) is 13.6. The van der Waals surface area contributed by atoms with Crippen LogP contribution in [-0.2, 0) is 20.2 Å². The molecule has 98 valence electrons. The Kier molecular flexibility index (Phi) is 6.30. The van der Waals surface area contributed by atoms with Crippen molar-refractivity contribution in [3.05, 3.63) is 35.9 Å². The summed E-state index contributed by atoms with van der Waals surface area (Å²) in [6, 6.07) is 9.84. The lowest BCUT2D eigenvalue weighted by Gasteiger charge is -2.23. The first kappa shape index (κ1) is 15.7. The maximum atomic E-state index is 6.09. The molecule has 5 heteroatoms. The van der Waals surface area contributed by atoms with Gasteiger partial charge in [-0.2, -0.15) is 13.6 Å². The van der Waals surface area contributed by atoms with Gasteiger partial charge in [-0.1, -0.05) is 30.3 Å². The van der Waals surface area contributed by atoms with Crippen LogP contribution in [0.15, 0.2) is 30.3 Å². The lowest BCUT2D eigenvalue weighted by atomic mass is 10.2. The van der Waals surface area contributed by atoms with Crippen molar-refractivity contribution in [3.63, 3.8) is 0 Å². The smallest absolute Gasteiger partial charge is 0.193 e. The first-order chi connectivity index (χ1) is 8.41. The maximum Gasteiger partial charge on any atom is 0.488 e. The minimum Gasteiger partial charge on any atom is -0.193 e. The van der Waals surface area contributed by atoms with Gasteiger partial charge in [0.25, 0.3) is 0 Å². The van der Waals surface area contributed by atoms with Crippen LogP contribution >= 0.6 is 7.82 Å². The Morgan fingerprint density at radius 2 is 1.50 bits per heavy atom. The van der Waals surface area contributed by atoms with E-state index < -0.39 is 7.82 Å². The van der Waals surface area contributed by atoms with Crippen molar-refractivity contribution in [2.45, 2.75) is 46.5 Å². The molecule has 0 N–H and O–H groups in total. The molecule has 3 nitrogen and oxygen atoms in total. The van der Waals surface area contributed by atoms with E-state index in [0.717, 1.165) is 5.56 Å². The van der Waals surface area contributed by atoms with Crippen LogP contribution in [0.5, 0.6) is 0 Å². The Bertz CT molecular complexity index is 333. The van der Waals surface area contributed by atoms with Gasteiger partial charge in [0.15, 0.2) is 0 Å². The molecule has 0 amide bonds. The van der Waals surface area contributed by atoms with Gasteiger partial charge in [-0.05, 0) is 33.3 Å². The third-order valence-electron chi connectivity index (χ3n) is 1.97.